The van der Waals surface area contributed by atoms with Gasteiger partial charge in [0.2, 0.25) is 0 Å². The zero-order valence-corrected chi connectivity index (χ0v) is 18.5. The van der Waals surface area contributed by atoms with Crippen LogP contribution in [-0.4, -0.2) is 51.7 Å². The third kappa shape index (κ3) is 5.20. The smallest absolute Gasteiger partial charge is 0.259 e. The lowest BCUT2D eigenvalue weighted by atomic mass is 10.0. The molecule has 168 valence electrons. The van der Waals surface area contributed by atoms with Crippen LogP contribution in [0.5, 0.6) is 5.75 Å². The quantitative estimate of drug-likeness (QED) is 0.463. The lowest BCUT2D eigenvalue weighted by Gasteiger charge is -2.15. The normalized spacial score (nSPS) is 10.8. The van der Waals surface area contributed by atoms with Crippen molar-refractivity contribution in [3.63, 3.8) is 0 Å². The number of likely N-dealkylation sites (N-methyl/N-ethyl adjacent to an activating group) is 1. The standard InChI is InChI=1S/C24H23FN6O2/c1-15-4-9-19(30-29-15)12-26-24-20-10-17(16-5-7-18(25)8-6-16)11-21(23(20)27-14-28-24)33-13-22(32)31(2)3/h4-11,14H,12-13H2,1-3H3,(H,26,27,28). The van der Waals surface area contributed by atoms with E-state index in [-0.39, 0.29) is 18.3 Å². The number of amides is 1. The van der Waals surface area contributed by atoms with E-state index in [9.17, 15) is 9.18 Å². The number of ether oxygens (including phenoxy) is 1. The van der Waals surface area contributed by atoms with Gasteiger partial charge in [-0.1, -0.05) is 12.1 Å². The van der Waals surface area contributed by atoms with Crippen molar-refractivity contribution in [3.8, 4) is 16.9 Å². The predicted octanol–water partition coefficient (Wildman–Crippen LogP) is 3.61. The second kappa shape index (κ2) is 9.56. The van der Waals surface area contributed by atoms with Crippen molar-refractivity contribution in [3.05, 3.63) is 72.1 Å². The van der Waals surface area contributed by atoms with Crippen LogP contribution in [0.15, 0.2) is 54.9 Å². The Morgan fingerprint density at radius 3 is 2.52 bits per heavy atom. The fourth-order valence-electron chi connectivity index (χ4n) is 3.16. The van der Waals surface area contributed by atoms with Gasteiger partial charge in [0.25, 0.3) is 5.91 Å². The maximum atomic E-state index is 13.5. The number of carbonyl (C=O) groups excluding carboxylic acids is 1. The molecule has 4 rings (SSSR count). The molecule has 0 radical (unpaired) electrons. The first kappa shape index (κ1) is 22.1. The van der Waals surface area contributed by atoms with Crippen LogP contribution >= 0.6 is 0 Å². The summed E-state index contributed by atoms with van der Waals surface area (Å²) in [4.78, 5) is 22.3. The van der Waals surface area contributed by atoms with Gasteiger partial charge in [-0.05, 0) is 54.4 Å². The third-order valence-corrected chi connectivity index (χ3v) is 5.02. The van der Waals surface area contributed by atoms with Gasteiger partial charge in [-0.15, -0.1) is 0 Å². The van der Waals surface area contributed by atoms with E-state index in [4.69, 9.17) is 4.74 Å². The minimum atomic E-state index is -0.322. The summed E-state index contributed by atoms with van der Waals surface area (Å²) in [5.74, 6) is 0.510. The summed E-state index contributed by atoms with van der Waals surface area (Å²) in [6.45, 7) is 2.15. The highest BCUT2D eigenvalue weighted by atomic mass is 19.1. The largest absolute Gasteiger partial charge is 0.481 e. The molecule has 2 aromatic carbocycles. The average Bonchev–Trinajstić information content (AvgIpc) is 2.82. The Bertz CT molecular complexity index is 1280. The van der Waals surface area contributed by atoms with Crippen LogP contribution in [0.4, 0.5) is 10.2 Å². The number of nitrogens with zero attached hydrogens (tertiary/aromatic N) is 5. The summed E-state index contributed by atoms with van der Waals surface area (Å²) < 4.78 is 19.3. The van der Waals surface area contributed by atoms with E-state index in [1.807, 2.05) is 25.1 Å². The molecule has 2 heterocycles. The molecule has 0 aliphatic carbocycles. The number of carbonyl (C=O) groups is 1. The lowest BCUT2D eigenvalue weighted by Crippen LogP contribution is -2.27. The van der Waals surface area contributed by atoms with Crippen molar-refractivity contribution in [2.24, 2.45) is 0 Å². The summed E-state index contributed by atoms with van der Waals surface area (Å²) in [5.41, 5.74) is 3.73. The van der Waals surface area contributed by atoms with Gasteiger partial charge in [-0.2, -0.15) is 10.2 Å². The van der Waals surface area contributed by atoms with Crippen molar-refractivity contribution in [2.45, 2.75) is 13.5 Å². The molecule has 4 aromatic rings. The van der Waals surface area contributed by atoms with E-state index in [0.717, 1.165) is 22.5 Å². The maximum Gasteiger partial charge on any atom is 0.259 e. The molecule has 0 saturated carbocycles. The molecule has 0 saturated heterocycles. The number of rotatable bonds is 7. The summed E-state index contributed by atoms with van der Waals surface area (Å²) in [5, 5.41) is 12.2. The van der Waals surface area contributed by atoms with Crippen LogP contribution < -0.4 is 10.1 Å². The summed E-state index contributed by atoms with van der Waals surface area (Å²) >= 11 is 0. The number of nitrogens with one attached hydrogen (secondary N) is 1. The van der Waals surface area contributed by atoms with Crippen molar-refractivity contribution >= 4 is 22.6 Å². The number of fused-ring (bicyclic) bond motifs is 1. The zero-order valence-electron chi connectivity index (χ0n) is 18.5. The Morgan fingerprint density at radius 1 is 1.03 bits per heavy atom. The van der Waals surface area contributed by atoms with Crippen molar-refractivity contribution in [1.29, 1.82) is 0 Å². The molecular weight excluding hydrogens is 423 g/mol. The van der Waals surface area contributed by atoms with Gasteiger partial charge in [-0.25, -0.2) is 14.4 Å². The highest BCUT2D eigenvalue weighted by molar-refractivity contribution is 5.96. The lowest BCUT2D eigenvalue weighted by molar-refractivity contribution is -0.130. The SMILES string of the molecule is Cc1ccc(CNc2ncnc3c(OCC(=O)N(C)C)cc(-c4ccc(F)cc4)cc23)nn1. The summed E-state index contributed by atoms with van der Waals surface area (Å²) in [6.07, 6.45) is 1.43. The molecule has 0 aliphatic rings. The molecular formula is C24H23FN6O2. The number of hydrogen-bond acceptors (Lipinski definition) is 7. The van der Waals surface area contributed by atoms with Gasteiger partial charge in [0.1, 0.15) is 29.2 Å². The molecule has 33 heavy (non-hydrogen) atoms. The van der Waals surface area contributed by atoms with Gasteiger partial charge in [0.15, 0.2) is 6.61 Å². The molecule has 0 aliphatic heterocycles. The molecule has 8 nitrogen and oxygen atoms in total. The van der Waals surface area contributed by atoms with E-state index >= 15 is 0 Å². The predicted molar refractivity (Wildman–Crippen MR) is 123 cm³/mol. The third-order valence-electron chi connectivity index (χ3n) is 5.02. The zero-order chi connectivity index (χ0) is 23.4. The molecule has 0 fully saturated rings. The van der Waals surface area contributed by atoms with E-state index in [1.165, 1.54) is 23.4 Å². The Labute approximate surface area is 190 Å². The van der Waals surface area contributed by atoms with Crippen LogP contribution in [0.25, 0.3) is 22.0 Å². The molecule has 0 spiro atoms. The fourth-order valence-corrected chi connectivity index (χ4v) is 3.16. The van der Waals surface area contributed by atoms with Gasteiger partial charge in [0, 0.05) is 19.5 Å². The first-order valence-electron chi connectivity index (χ1n) is 10.3. The molecule has 0 unspecified atom stereocenters. The number of benzene rings is 2. The minimum Gasteiger partial charge on any atom is -0.481 e. The van der Waals surface area contributed by atoms with Crippen LogP contribution in [0, 0.1) is 12.7 Å². The fraction of sp³-hybridized carbons (Fsp3) is 0.208. The van der Waals surface area contributed by atoms with Crippen molar-refractivity contribution in [2.75, 3.05) is 26.0 Å². The number of anilines is 1. The topological polar surface area (TPSA) is 93.1 Å². The van der Waals surface area contributed by atoms with Crippen molar-refractivity contribution < 1.29 is 13.9 Å². The number of halogens is 1. The van der Waals surface area contributed by atoms with E-state index < -0.39 is 0 Å². The highest BCUT2D eigenvalue weighted by Gasteiger charge is 2.15. The van der Waals surface area contributed by atoms with E-state index in [1.54, 1.807) is 32.3 Å². The van der Waals surface area contributed by atoms with Crippen LogP contribution in [0.3, 0.4) is 0 Å². The van der Waals surface area contributed by atoms with Crippen LogP contribution in [0.2, 0.25) is 0 Å². The Balaban J connectivity index is 1.74. The molecule has 1 N–H and O–H groups in total. The van der Waals surface area contributed by atoms with Gasteiger partial charge >= 0.3 is 0 Å². The molecule has 0 atom stereocenters. The van der Waals surface area contributed by atoms with Gasteiger partial charge in [0.05, 0.1) is 17.9 Å². The van der Waals surface area contributed by atoms with Gasteiger partial charge < -0.3 is 15.0 Å². The van der Waals surface area contributed by atoms with E-state index in [2.05, 4.69) is 25.5 Å². The second-order valence-corrected chi connectivity index (χ2v) is 7.70. The molecule has 9 heteroatoms. The van der Waals surface area contributed by atoms with Crippen LogP contribution in [-0.2, 0) is 11.3 Å². The maximum absolute atomic E-state index is 13.5. The molecule has 2 aromatic heterocycles. The summed E-state index contributed by atoms with van der Waals surface area (Å²) in [7, 11) is 3.33. The van der Waals surface area contributed by atoms with Crippen molar-refractivity contribution in [1.82, 2.24) is 25.1 Å². The molecule has 0 bridgehead atoms. The second-order valence-electron chi connectivity index (χ2n) is 7.70. The highest BCUT2D eigenvalue weighted by Crippen LogP contribution is 2.34. The number of aryl methyl sites for hydroxylation is 1. The average molecular weight is 446 g/mol. The first-order chi connectivity index (χ1) is 15.9. The van der Waals surface area contributed by atoms with E-state index in [0.29, 0.717) is 29.0 Å². The monoisotopic (exact) mass is 446 g/mol. The first-order valence-corrected chi connectivity index (χ1v) is 10.3. The number of aromatic nitrogens is 4. The Hall–Kier alpha value is -4.14. The Morgan fingerprint density at radius 2 is 1.82 bits per heavy atom. The minimum absolute atomic E-state index is 0.138. The molecule has 1 amide bonds. The summed E-state index contributed by atoms with van der Waals surface area (Å²) in [6, 6.07) is 13.6. The van der Waals surface area contributed by atoms with Crippen LogP contribution in [0.1, 0.15) is 11.4 Å². The van der Waals surface area contributed by atoms with Gasteiger partial charge in [-0.3, -0.25) is 4.79 Å². The number of hydrogen-bond donors (Lipinski definition) is 1. The Kier molecular flexibility index (Phi) is 6.39.